The Labute approximate surface area is 188 Å². The average Bonchev–Trinajstić information content (AvgIpc) is 3.16. The normalized spacial score (nSPS) is 14.6. The molecule has 3 aromatic carbocycles. The molecule has 32 heavy (non-hydrogen) atoms. The van der Waals surface area contributed by atoms with Crippen molar-refractivity contribution in [1.29, 1.82) is 0 Å². The van der Waals surface area contributed by atoms with Crippen molar-refractivity contribution in [2.45, 2.75) is 6.54 Å². The highest BCUT2D eigenvalue weighted by Gasteiger charge is 2.21. The Hall–Kier alpha value is -3.64. The molecule has 6 nitrogen and oxygen atoms in total. The lowest BCUT2D eigenvalue weighted by Crippen LogP contribution is -2.46. The van der Waals surface area contributed by atoms with E-state index in [4.69, 9.17) is 4.98 Å². The lowest BCUT2D eigenvalue weighted by molar-refractivity contribution is 0.102. The van der Waals surface area contributed by atoms with Gasteiger partial charge in [-0.1, -0.05) is 42.5 Å². The second-order valence-electron chi connectivity index (χ2n) is 8.18. The molecule has 1 aliphatic rings. The van der Waals surface area contributed by atoms with Crippen molar-refractivity contribution in [2.75, 3.05) is 36.4 Å². The smallest absolute Gasteiger partial charge is 0.255 e. The van der Waals surface area contributed by atoms with E-state index in [1.165, 1.54) is 5.52 Å². The number of aryl methyl sites for hydroxylation is 1. The molecular weight excluding hydrogens is 398 g/mol. The molecule has 2 heterocycles. The second kappa shape index (κ2) is 8.85. The Morgan fingerprint density at radius 1 is 0.875 bits per heavy atom. The summed E-state index contributed by atoms with van der Waals surface area (Å²) in [7, 11) is 2.09. The summed E-state index contributed by atoms with van der Waals surface area (Å²) < 4.78 is 2.19. The van der Waals surface area contributed by atoms with E-state index in [9.17, 15) is 4.79 Å². The van der Waals surface area contributed by atoms with Crippen LogP contribution in [0.15, 0.2) is 78.9 Å². The lowest BCUT2D eigenvalue weighted by atomic mass is 10.1. The zero-order valence-corrected chi connectivity index (χ0v) is 18.2. The van der Waals surface area contributed by atoms with Crippen LogP contribution < -0.4 is 10.2 Å². The summed E-state index contributed by atoms with van der Waals surface area (Å²) in [6.45, 7) is 4.55. The predicted molar refractivity (Wildman–Crippen MR) is 129 cm³/mol. The third kappa shape index (κ3) is 4.09. The van der Waals surface area contributed by atoms with Gasteiger partial charge >= 0.3 is 0 Å². The van der Waals surface area contributed by atoms with E-state index in [2.05, 4.69) is 51.0 Å². The Kier molecular flexibility index (Phi) is 5.60. The van der Waals surface area contributed by atoms with Gasteiger partial charge in [0.15, 0.2) is 0 Å². The monoisotopic (exact) mass is 425 g/mol. The summed E-state index contributed by atoms with van der Waals surface area (Å²) in [5, 5.41) is 3.09. The van der Waals surface area contributed by atoms with Crippen LogP contribution >= 0.6 is 0 Å². The number of nitrogens with one attached hydrogen (secondary N) is 1. The standard InChI is InChI=1S/C26H27N5O/c1-29-23-13-7-5-11-21(23)27-25(29)19-30-15-17-31(18-16-30)24-14-8-6-12-22(24)28-26(32)20-9-3-2-4-10-20/h2-14H,15-19H2,1H3,(H,28,32). The van der Waals surface area contributed by atoms with Crippen LogP contribution in [0.4, 0.5) is 11.4 Å². The van der Waals surface area contributed by atoms with Gasteiger partial charge in [0, 0.05) is 38.8 Å². The van der Waals surface area contributed by atoms with Crippen molar-refractivity contribution in [2.24, 2.45) is 7.05 Å². The van der Waals surface area contributed by atoms with E-state index in [0.29, 0.717) is 5.56 Å². The van der Waals surface area contributed by atoms with Gasteiger partial charge in [-0.2, -0.15) is 0 Å². The molecular formula is C26H27N5O. The van der Waals surface area contributed by atoms with Gasteiger partial charge in [-0.25, -0.2) is 4.98 Å². The Bertz CT molecular complexity index is 1230. The first-order valence-corrected chi connectivity index (χ1v) is 11.0. The molecule has 5 rings (SSSR count). The van der Waals surface area contributed by atoms with E-state index in [1.807, 2.05) is 54.6 Å². The zero-order valence-electron chi connectivity index (χ0n) is 18.2. The minimum atomic E-state index is -0.0847. The number of amides is 1. The van der Waals surface area contributed by atoms with Crippen molar-refractivity contribution < 1.29 is 4.79 Å². The van der Waals surface area contributed by atoms with E-state index >= 15 is 0 Å². The lowest BCUT2D eigenvalue weighted by Gasteiger charge is -2.36. The van der Waals surface area contributed by atoms with Gasteiger partial charge in [-0.05, 0) is 36.4 Å². The van der Waals surface area contributed by atoms with Gasteiger partial charge in [0.2, 0.25) is 0 Å². The summed E-state index contributed by atoms with van der Waals surface area (Å²) in [5.74, 6) is 1.01. The zero-order chi connectivity index (χ0) is 21.9. The van der Waals surface area contributed by atoms with Crippen LogP contribution in [0.1, 0.15) is 16.2 Å². The number of fused-ring (bicyclic) bond motifs is 1. The Morgan fingerprint density at radius 2 is 1.56 bits per heavy atom. The summed E-state index contributed by atoms with van der Waals surface area (Å²) in [6.07, 6.45) is 0. The molecule has 0 spiro atoms. The topological polar surface area (TPSA) is 53.4 Å². The van der Waals surface area contributed by atoms with Crippen molar-refractivity contribution in [3.63, 3.8) is 0 Å². The van der Waals surface area contributed by atoms with Crippen LogP contribution in [-0.4, -0.2) is 46.5 Å². The first kappa shape index (κ1) is 20.3. The first-order valence-electron chi connectivity index (χ1n) is 11.0. The molecule has 1 aliphatic heterocycles. The number of hydrogen-bond acceptors (Lipinski definition) is 4. The van der Waals surface area contributed by atoms with Crippen LogP contribution in [-0.2, 0) is 13.6 Å². The van der Waals surface area contributed by atoms with Gasteiger partial charge in [-0.15, -0.1) is 0 Å². The number of anilines is 2. The van der Waals surface area contributed by atoms with E-state index in [0.717, 1.165) is 55.4 Å². The summed E-state index contributed by atoms with van der Waals surface area (Å²) in [5.41, 5.74) is 4.80. The molecule has 1 aromatic heterocycles. The van der Waals surface area contributed by atoms with Crippen molar-refractivity contribution in [3.05, 3.63) is 90.3 Å². The number of rotatable bonds is 5. The van der Waals surface area contributed by atoms with Gasteiger partial charge in [-0.3, -0.25) is 9.69 Å². The third-order valence-corrected chi connectivity index (χ3v) is 6.15. The fourth-order valence-electron chi connectivity index (χ4n) is 4.32. The highest BCUT2D eigenvalue weighted by molar-refractivity contribution is 6.05. The number of para-hydroxylation sites is 4. The molecule has 162 valence electrons. The SMILES string of the molecule is Cn1c(CN2CCN(c3ccccc3NC(=O)c3ccccc3)CC2)nc2ccccc21. The molecule has 1 N–H and O–H groups in total. The van der Waals surface area contributed by atoms with Gasteiger partial charge in [0.25, 0.3) is 5.91 Å². The van der Waals surface area contributed by atoms with Gasteiger partial charge in [0.05, 0.1) is 29.0 Å². The molecule has 0 aliphatic carbocycles. The van der Waals surface area contributed by atoms with Crippen LogP contribution in [0.25, 0.3) is 11.0 Å². The molecule has 1 fully saturated rings. The van der Waals surface area contributed by atoms with Crippen LogP contribution in [0.2, 0.25) is 0 Å². The maximum atomic E-state index is 12.7. The molecule has 4 aromatic rings. The molecule has 1 saturated heterocycles. The molecule has 0 saturated carbocycles. The van der Waals surface area contributed by atoms with E-state index in [-0.39, 0.29) is 5.91 Å². The van der Waals surface area contributed by atoms with Crippen molar-refractivity contribution in [1.82, 2.24) is 14.5 Å². The maximum Gasteiger partial charge on any atom is 0.255 e. The maximum absolute atomic E-state index is 12.7. The number of aromatic nitrogens is 2. The first-order chi connectivity index (χ1) is 15.7. The Morgan fingerprint density at radius 3 is 2.34 bits per heavy atom. The summed E-state index contributed by atoms with van der Waals surface area (Å²) >= 11 is 0. The number of benzene rings is 3. The summed E-state index contributed by atoms with van der Waals surface area (Å²) in [4.78, 5) is 22.3. The summed E-state index contributed by atoms with van der Waals surface area (Å²) in [6, 6.07) is 25.7. The largest absolute Gasteiger partial charge is 0.367 e. The molecule has 1 amide bonds. The van der Waals surface area contributed by atoms with Gasteiger partial charge < -0.3 is 14.8 Å². The molecule has 0 unspecified atom stereocenters. The van der Waals surface area contributed by atoms with Crippen LogP contribution in [0, 0.1) is 0 Å². The fraction of sp³-hybridized carbons (Fsp3) is 0.231. The van der Waals surface area contributed by atoms with Crippen molar-refractivity contribution >= 4 is 28.3 Å². The van der Waals surface area contributed by atoms with Gasteiger partial charge in [0.1, 0.15) is 5.82 Å². The van der Waals surface area contributed by atoms with Crippen molar-refractivity contribution in [3.8, 4) is 0 Å². The van der Waals surface area contributed by atoms with E-state index < -0.39 is 0 Å². The minimum absolute atomic E-state index is 0.0847. The average molecular weight is 426 g/mol. The number of hydrogen-bond donors (Lipinski definition) is 1. The highest BCUT2D eigenvalue weighted by Crippen LogP contribution is 2.27. The molecule has 0 bridgehead atoms. The quantitative estimate of drug-likeness (QED) is 0.522. The Balaban J connectivity index is 1.25. The highest BCUT2D eigenvalue weighted by atomic mass is 16.1. The molecule has 6 heteroatoms. The number of piperazine rings is 1. The minimum Gasteiger partial charge on any atom is -0.367 e. The second-order valence-corrected chi connectivity index (χ2v) is 8.18. The van der Waals surface area contributed by atoms with Crippen LogP contribution in [0.3, 0.4) is 0 Å². The number of carbonyl (C=O) groups excluding carboxylic acids is 1. The number of imidazole rings is 1. The van der Waals surface area contributed by atoms with Crippen LogP contribution in [0.5, 0.6) is 0 Å². The molecule has 0 atom stereocenters. The fourth-order valence-corrected chi connectivity index (χ4v) is 4.32. The number of carbonyl (C=O) groups is 1. The predicted octanol–water partition coefficient (Wildman–Crippen LogP) is 4.15. The van der Waals surface area contributed by atoms with E-state index in [1.54, 1.807) is 0 Å². The third-order valence-electron chi connectivity index (χ3n) is 6.15. The molecule has 0 radical (unpaired) electrons. The number of nitrogens with zero attached hydrogens (tertiary/aromatic N) is 4.